The van der Waals surface area contributed by atoms with E-state index >= 15 is 0 Å². The first-order valence-corrected chi connectivity index (χ1v) is 16.8. The molecule has 0 radical (unpaired) electrons. The number of ether oxygens (including phenoxy) is 1. The van der Waals surface area contributed by atoms with Gasteiger partial charge in [-0.2, -0.15) is 18.2 Å². The molecule has 13 heteroatoms. The predicted octanol–water partition coefficient (Wildman–Crippen LogP) is 8.57. The van der Waals surface area contributed by atoms with Crippen LogP contribution < -0.4 is 15.6 Å². The molecule has 49 heavy (non-hydrogen) atoms. The van der Waals surface area contributed by atoms with Crippen molar-refractivity contribution in [2.45, 2.75) is 72.5 Å². The minimum absolute atomic E-state index is 0.0615. The molecule has 2 fully saturated rings. The third-order valence-electron chi connectivity index (χ3n) is 8.43. The fourth-order valence-electron chi connectivity index (χ4n) is 6.22. The number of alkyl halides is 3. The van der Waals surface area contributed by atoms with Crippen molar-refractivity contribution in [1.29, 1.82) is 0 Å². The van der Waals surface area contributed by atoms with Gasteiger partial charge < -0.3 is 23.9 Å². The predicted molar refractivity (Wildman–Crippen MR) is 185 cm³/mol. The van der Waals surface area contributed by atoms with Crippen LogP contribution in [0.1, 0.15) is 82.4 Å². The number of anilines is 3. The van der Waals surface area contributed by atoms with Crippen molar-refractivity contribution in [3.8, 4) is 11.1 Å². The van der Waals surface area contributed by atoms with Gasteiger partial charge in [0, 0.05) is 55.5 Å². The fourth-order valence-corrected chi connectivity index (χ4v) is 6.22. The van der Waals surface area contributed by atoms with E-state index in [4.69, 9.17) is 9.15 Å². The highest BCUT2D eigenvalue weighted by Crippen LogP contribution is 2.39. The van der Waals surface area contributed by atoms with Crippen molar-refractivity contribution in [3.05, 3.63) is 70.3 Å². The second-order valence-corrected chi connectivity index (χ2v) is 11.4. The largest absolute Gasteiger partial charge is 0.440 e. The van der Waals surface area contributed by atoms with E-state index in [0.717, 1.165) is 37.9 Å². The van der Waals surface area contributed by atoms with Crippen molar-refractivity contribution in [2.24, 2.45) is 0 Å². The topological polar surface area (TPSA) is 115 Å². The third kappa shape index (κ3) is 7.46. The summed E-state index contributed by atoms with van der Waals surface area (Å²) in [5.41, 5.74) is 0.0604. The Bertz CT molecular complexity index is 1990. The van der Waals surface area contributed by atoms with Crippen LogP contribution in [0.3, 0.4) is 0 Å². The Balaban J connectivity index is 0.00000113. The first kappa shape index (κ1) is 35.5. The maximum Gasteiger partial charge on any atom is 0.417 e. The standard InChI is InChI=1S/C32H29F3N6O4.2C2H6/c1-18(42)25-12-20-16-37-31(39-30(20)41(25)21-4-2-3-5-21)38-28-14-24(32(33,34)35)23(17-36-28)19-6-7-22-26(43)15-29(45-27(22)13-19)40-8-10-44-11-9-40;2*1-2/h6-7,12-17,21H,2-5,8-11H2,1H3,(H,36,37,38,39);2*1-2H3. The molecule has 0 atom stereocenters. The Morgan fingerprint density at radius 1 is 0.959 bits per heavy atom. The number of ketones is 1. The molecule has 5 aromatic rings. The van der Waals surface area contributed by atoms with Crippen LogP contribution in [0, 0.1) is 0 Å². The lowest BCUT2D eigenvalue weighted by Crippen LogP contribution is -2.36. The van der Waals surface area contributed by atoms with Crippen LogP contribution in [0.15, 0.2) is 58.0 Å². The number of morpholine rings is 1. The van der Waals surface area contributed by atoms with Gasteiger partial charge >= 0.3 is 6.18 Å². The Hall–Kier alpha value is -4.78. The van der Waals surface area contributed by atoms with Crippen LogP contribution in [0.5, 0.6) is 0 Å². The molecule has 1 saturated heterocycles. The number of carbonyl (C=O) groups is 1. The molecule has 5 heterocycles. The number of rotatable bonds is 6. The zero-order chi connectivity index (χ0) is 35.3. The van der Waals surface area contributed by atoms with Gasteiger partial charge in [-0.05, 0) is 42.7 Å². The van der Waals surface area contributed by atoms with Gasteiger partial charge in [-0.15, -0.1) is 0 Å². The smallest absolute Gasteiger partial charge is 0.417 e. The second-order valence-electron chi connectivity index (χ2n) is 11.4. The van der Waals surface area contributed by atoms with Crippen LogP contribution in [-0.2, 0) is 10.9 Å². The Kier molecular flexibility index (Phi) is 11.0. The lowest BCUT2D eigenvalue weighted by atomic mass is 10.00. The summed E-state index contributed by atoms with van der Waals surface area (Å²) in [6.07, 6.45) is 1.89. The number of nitrogens with zero attached hydrogens (tertiary/aromatic N) is 5. The second kappa shape index (κ2) is 15.2. The molecule has 0 bridgehead atoms. The van der Waals surface area contributed by atoms with Crippen LogP contribution in [-0.4, -0.2) is 51.6 Å². The quantitative estimate of drug-likeness (QED) is 0.176. The minimum Gasteiger partial charge on any atom is -0.440 e. The fraction of sp³-hybridized carbons (Fsp3) is 0.417. The van der Waals surface area contributed by atoms with Gasteiger partial charge in [0.25, 0.3) is 0 Å². The number of benzene rings is 1. The number of hydrogen-bond donors (Lipinski definition) is 1. The van der Waals surface area contributed by atoms with Crippen molar-refractivity contribution >= 4 is 45.4 Å². The summed E-state index contributed by atoms with van der Waals surface area (Å²) >= 11 is 0. The highest BCUT2D eigenvalue weighted by Gasteiger charge is 2.35. The maximum atomic E-state index is 14.4. The zero-order valence-electron chi connectivity index (χ0n) is 28.4. The Morgan fingerprint density at radius 3 is 2.35 bits per heavy atom. The molecule has 1 aromatic carbocycles. The Morgan fingerprint density at radius 2 is 1.67 bits per heavy atom. The molecule has 4 aromatic heterocycles. The number of aromatic nitrogens is 4. The van der Waals surface area contributed by atoms with Crippen LogP contribution in [0.4, 0.5) is 30.8 Å². The van der Waals surface area contributed by atoms with E-state index in [9.17, 15) is 22.8 Å². The lowest BCUT2D eigenvalue weighted by molar-refractivity contribution is -0.137. The molecule has 10 nitrogen and oxygen atoms in total. The average Bonchev–Trinajstić information content (AvgIpc) is 3.78. The monoisotopic (exact) mass is 678 g/mol. The first-order chi connectivity index (χ1) is 23.7. The van der Waals surface area contributed by atoms with Gasteiger partial charge in [0.15, 0.2) is 17.1 Å². The summed E-state index contributed by atoms with van der Waals surface area (Å²) < 4.78 is 56.6. The van der Waals surface area contributed by atoms with Crippen LogP contribution in [0.25, 0.3) is 33.1 Å². The molecule has 260 valence electrons. The zero-order valence-corrected chi connectivity index (χ0v) is 28.4. The summed E-state index contributed by atoms with van der Waals surface area (Å²) in [6.45, 7) is 11.5. The van der Waals surface area contributed by atoms with Crippen molar-refractivity contribution < 1.29 is 27.1 Å². The summed E-state index contributed by atoms with van der Waals surface area (Å²) in [5.74, 6) is 0.212. The maximum absolute atomic E-state index is 14.4. The van der Waals surface area contributed by atoms with Gasteiger partial charge in [-0.1, -0.05) is 46.6 Å². The van der Waals surface area contributed by atoms with Crippen LogP contribution in [0.2, 0.25) is 0 Å². The van der Waals surface area contributed by atoms with Crippen LogP contribution >= 0.6 is 0 Å². The van der Waals surface area contributed by atoms with E-state index < -0.39 is 11.7 Å². The number of Topliss-reactive ketones (excluding diaryl/α,β-unsaturated/α-hetero) is 1. The molecule has 1 N–H and O–H groups in total. The summed E-state index contributed by atoms with van der Waals surface area (Å²) in [6, 6.07) is 8.52. The molecule has 0 spiro atoms. The van der Waals surface area contributed by atoms with E-state index in [1.54, 1.807) is 12.3 Å². The summed E-state index contributed by atoms with van der Waals surface area (Å²) in [5, 5.41) is 3.76. The number of pyridine rings is 1. The van der Waals surface area contributed by atoms with Gasteiger partial charge in [-0.3, -0.25) is 9.59 Å². The van der Waals surface area contributed by atoms with Gasteiger partial charge in [0.2, 0.25) is 5.95 Å². The minimum atomic E-state index is -4.72. The number of nitrogens with one attached hydrogen (secondary N) is 1. The molecule has 1 saturated carbocycles. The normalized spacial score (nSPS) is 15.1. The lowest BCUT2D eigenvalue weighted by Gasteiger charge is -2.27. The van der Waals surface area contributed by atoms with E-state index in [2.05, 4.69) is 20.3 Å². The first-order valence-electron chi connectivity index (χ1n) is 16.8. The van der Waals surface area contributed by atoms with Gasteiger partial charge in [0.1, 0.15) is 17.0 Å². The molecule has 1 aliphatic heterocycles. The van der Waals surface area contributed by atoms with Gasteiger partial charge in [-0.25, -0.2) is 9.97 Å². The molecular weight excluding hydrogens is 637 g/mol. The molecule has 2 aliphatic rings. The molecule has 0 amide bonds. The van der Waals surface area contributed by atoms with Crippen molar-refractivity contribution in [2.75, 3.05) is 36.5 Å². The van der Waals surface area contributed by atoms with Crippen molar-refractivity contribution in [1.82, 2.24) is 19.5 Å². The summed E-state index contributed by atoms with van der Waals surface area (Å²) in [4.78, 5) is 40.2. The molecule has 7 rings (SSSR count). The Labute approximate surface area is 282 Å². The van der Waals surface area contributed by atoms with E-state index in [1.807, 2.05) is 37.2 Å². The van der Waals surface area contributed by atoms with E-state index in [-0.39, 0.29) is 51.1 Å². The number of carbonyl (C=O) groups excluding carboxylic acids is 1. The average molecular weight is 679 g/mol. The van der Waals surface area contributed by atoms with E-state index in [1.165, 1.54) is 31.2 Å². The molecule has 1 aliphatic carbocycles. The molecule has 0 unspecified atom stereocenters. The summed E-state index contributed by atoms with van der Waals surface area (Å²) in [7, 11) is 0. The van der Waals surface area contributed by atoms with Gasteiger partial charge in [0.05, 0.1) is 29.9 Å². The highest BCUT2D eigenvalue weighted by atomic mass is 19.4. The highest BCUT2D eigenvalue weighted by molar-refractivity contribution is 5.98. The molecular formula is C36H41F3N6O4. The number of halogens is 3. The van der Waals surface area contributed by atoms with Crippen molar-refractivity contribution in [3.63, 3.8) is 0 Å². The number of hydrogen-bond acceptors (Lipinski definition) is 9. The number of fused-ring (bicyclic) bond motifs is 2. The SMILES string of the molecule is CC.CC.CC(=O)c1cc2cnc(Nc3cc(C(F)(F)F)c(-c4ccc5c(=O)cc(N6CCOCC6)oc5c4)cn3)nc2n1C1CCCC1. The third-order valence-corrected chi connectivity index (χ3v) is 8.43. The van der Waals surface area contributed by atoms with E-state index in [0.29, 0.717) is 48.9 Å².